The van der Waals surface area contributed by atoms with E-state index in [0.717, 1.165) is 24.3 Å². The Morgan fingerprint density at radius 1 is 0.686 bits per heavy atom. The molecule has 0 amide bonds. The predicted octanol–water partition coefficient (Wildman–Crippen LogP) is 8.43. The fourth-order valence-corrected chi connectivity index (χ4v) is 3.15. The van der Waals surface area contributed by atoms with Crippen LogP contribution >= 0.6 is 0 Å². The second-order valence-electron chi connectivity index (χ2n) is 7.29. The molecular weight excluding hydrogens is 487 g/mol. The van der Waals surface area contributed by atoms with Crippen molar-refractivity contribution in [3.8, 4) is 11.1 Å². The summed E-state index contributed by atoms with van der Waals surface area (Å²) in [6.45, 7) is 0. The van der Waals surface area contributed by atoms with Crippen LogP contribution in [-0.4, -0.2) is 11.9 Å². The molecule has 0 unspecified atom stereocenters. The van der Waals surface area contributed by atoms with Crippen LogP contribution in [0.15, 0.2) is 78.9 Å². The van der Waals surface area contributed by atoms with Crippen molar-refractivity contribution >= 4 is 17.1 Å². The number of halogens is 9. The molecule has 3 aromatic rings. The van der Waals surface area contributed by atoms with Crippen molar-refractivity contribution in [2.75, 3.05) is 5.32 Å². The number of hydrogen-bond donors (Lipinski definition) is 2. The molecular formula is C24H15F9N2. The van der Waals surface area contributed by atoms with E-state index in [2.05, 4.69) is 5.32 Å². The van der Waals surface area contributed by atoms with Gasteiger partial charge in [0.1, 0.15) is 5.71 Å². The van der Waals surface area contributed by atoms with Gasteiger partial charge in [-0.25, -0.2) is 0 Å². The van der Waals surface area contributed by atoms with Crippen molar-refractivity contribution in [1.29, 1.82) is 5.41 Å². The molecule has 0 aliphatic carbocycles. The van der Waals surface area contributed by atoms with E-state index in [1.54, 1.807) is 0 Å². The average molecular weight is 502 g/mol. The van der Waals surface area contributed by atoms with Gasteiger partial charge in [0.05, 0.1) is 11.1 Å². The quantitative estimate of drug-likeness (QED) is 0.267. The van der Waals surface area contributed by atoms with Crippen LogP contribution in [0.3, 0.4) is 0 Å². The number of hydrogen-bond acceptors (Lipinski definition) is 2. The molecule has 0 saturated heterocycles. The van der Waals surface area contributed by atoms with Gasteiger partial charge in [0.15, 0.2) is 0 Å². The Morgan fingerprint density at radius 3 is 1.89 bits per heavy atom. The maximum atomic E-state index is 13.5. The molecule has 0 aliphatic rings. The second kappa shape index (κ2) is 9.47. The smallest absolute Gasteiger partial charge is 0.355 e. The molecule has 184 valence electrons. The summed E-state index contributed by atoms with van der Waals surface area (Å²) in [4.78, 5) is 0. The molecule has 35 heavy (non-hydrogen) atoms. The van der Waals surface area contributed by atoms with Gasteiger partial charge in [0, 0.05) is 16.9 Å². The van der Waals surface area contributed by atoms with Crippen molar-refractivity contribution < 1.29 is 39.5 Å². The summed E-state index contributed by atoms with van der Waals surface area (Å²) in [5, 5.41) is 9.68. The number of anilines is 1. The third kappa shape index (κ3) is 6.43. The lowest BCUT2D eigenvalue weighted by atomic mass is 10.0. The normalized spacial score (nSPS) is 13.0. The van der Waals surface area contributed by atoms with Gasteiger partial charge in [-0.2, -0.15) is 39.5 Å². The van der Waals surface area contributed by atoms with Gasteiger partial charge in [0.25, 0.3) is 0 Å². The minimum absolute atomic E-state index is 0.0546. The summed E-state index contributed by atoms with van der Waals surface area (Å²) in [5.41, 5.74) is -4.61. The molecule has 0 spiro atoms. The van der Waals surface area contributed by atoms with E-state index in [1.165, 1.54) is 42.5 Å². The van der Waals surface area contributed by atoms with E-state index in [0.29, 0.717) is 11.6 Å². The van der Waals surface area contributed by atoms with Gasteiger partial charge in [0.2, 0.25) is 0 Å². The Morgan fingerprint density at radius 2 is 1.31 bits per heavy atom. The summed E-state index contributed by atoms with van der Waals surface area (Å²) in [7, 11) is 0. The Kier molecular flexibility index (Phi) is 7.00. The molecule has 3 aromatic carbocycles. The molecule has 0 atom stereocenters. The number of alkyl halides is 9. The first-order chi connectivity index (χ1) is 16.2. The monoisotopic (exact) mass is 502 g/mol. The highest BCUT2D eigenvalue weighted by molar-refractivity contribution is 6.04. The molecule has 0 aliphatic heterocycles. The van der Waals surface area contributed by atoms with E-state index >= 15 is 0 Å². The highest BCUT2D eigenvalue weighted by Crippen LogP contribution is 2.36. The predicted molar refractivity (Wildman–Crippen MR) is 114 cm³/mol. The molecule has 0 fully saturated rings. The van der Waals surface area contributed by atoms with Crippen LogP contribution < -0.4 is 5.32 Å². The highest BCUT2D eigenvalue weighted by Gasteiger charge is 2.36. The Balaban J connectivity index is 2.00. The lowest BCUT2D eigenvalue weighted by Gasteiger charge is -2.18. The molecule has 2 N–H and O–H groups in total. The zero-order valence-electron chi connectivity index (χ0n) is 17.4. The third-order valence-corrected chi connectivity index (χ3v) is 4.80. The Hall–Kier alpha value is -3.76. The van der Waals surface area contributed by atoms with Gasteiger partial charge in [-0.3, -0.25) is 5.41 Å². The highest BCUT2D eigenvalue weighted by atomic mass is 19.4. The van der Waals surface area contributed by atoms with Gasteiger partial charge in [-0.1, -0.05) is 42.5 Å². The molecule has 0 aromatic heterocycles. The van der Waals surface area contributed by atoms with Crippen LogP contribution in [-0.2, 0) is 12.4 Å². The summed E-state index contributed by atoms with van der Waals surface area (Å²) in [5.74, 6) is 0. The Bertz CT molecular complexity index is 1240. The first-order valence-electron chi connectivity index (χ1n) is 9.75. The van der Waals surface area contributed by atoms with Crippen LogP contribution in [0.25, 0.3) is 16.8 Å². The minimum Gasteiger partial charge on any atom is -0.355 e. The fraction of sp³-hybridized carbons (Fsp3) is 0.125. The molecule has 11 heteroatoms. The van der Waals surface area contributed by atoms with E-state index in [4.69, 9.17) is 5.41 Å². The molecule has 0 bridgehead atoms. The zero-order valence-corrected chi connectivity index (χ0v) is 17.4. The molecule has 3 rings (SSSR count). The Labute approximate surface area is 193 Å². The summed E-state index contributed by atoms with van der Waals surface area (Å²) in [6, 6.07) is 13.7. The van der Waals surface area contributed by atoms with Crippen molar-refractivity contribution in [2.45, 2.75) is 18.5 Å². The van der Waals surface area contributed by atoms with Gasteiger partial charge in [-0.05, 0) is 47.5 Å². The van der Waals surface area contributed by atoms with E-state index in [-0.39, 0.29) is 17.3 Å². The topological polar surface area (TPSA) is 35.9 Å². The zero-order chi connectivity index (χ0) is 26.0. The summed E-state index contributed by atoms with van der Waals surface area (Å²) in [6.07, 6.45) is -14.3. The van der Waals surface area contributed by atoms with E-state index in [1.807, 2.05) is 0 Å². The van der Waals surface area contributed by atoms with Crippen molar-refractivity contribution in [2.24, 2.45) is 0 Å². The van der Waals surface area contributed by atoms with Crippen molar-refractivity contribution in [1.82, 2.24) is 0 Å². The number of rotatable bonds is 5. The second-order valence-corrected chi connectivity index (χ2v) is 7.29. The number of benzene rings is 3. The number of nitrogens with one attached hydrogen (secondary N) is 2. The standard InChI is InChI=1S/C24H15F9N2/c25-22(26,27)16-5-3-4-15(12-16)14-8-10-17(11-9-14)35-20(13-21(34)24(31,32)33)18-6-1-2-7-19(18)23(28,29)30/h1-13,34-35H/b20-13-,34-21?. The molecule has 0 saturated carbocycles. The van der Waals surface area contributed by atoms with Crippen LogP contribution in [0.1, 0.15) is 16.7 Å². The SMILES string of the molecule is N=C(/C=C(\Nc1ccc(-c2cccc(C(F)(F)F)c2)cc1)c1ccccc1C(F)(F)F)C(F)(F)F. The molecule has 0 radical (unpaired) electrons. The van der Waals surface area contributed by atoms with Gasteiger partial charge in [-0.15, -0.1) is 0 Å². The minimum atomic E-state index is -5.10. The van der Waals surface area contributed by atoms with Crippen molar-refractivity contribution in [3.63, 3.8) is 0 Å². The fourth-order valence-electron chi connectivity index (χ4n) is 3.15. The first-order valence-corrected chi connectivity index (χ1v) is 9.75. The van der Waals surface area contributed by atoms with E-state index < -0.39 is 46.6 Å². The summed E-state index contributed by atoms with van der Waals surface area (Å²) >= 11 is 0. The van der Waals surface area contributed by atoms with E-state index in [9.17, 15) is 39.5 Å². The summed E-state index contributed by atoms with van der Waals surface area (Å²) < 4.78 is 118. The molecule has 2 nitrogen and oxygen atoms in total. The van der Waals surface area contributed by atoms with Gasteiger partial charge < -0.3 is 5.32 Å². The maximum absolute atomic E-state index is 13.5. The van der Waals surface area contributed by atoms with Crippen LogP contribution in [0.2, 0.25) is 0 Å². The lowest BCUT2D eigenvalue weighted by Crippen LogP contribution is -2.21. The van der Waals surface area contributed by atoms with Crippen LogP contribution in [0, 0.1) is 5.41 Å². The van der Waals surface area contributed by atoms with Gasteiger partial charge >= 0.3 is 18.5 Å². The lowest BCUT2D eigenvalue weighted by molar-refractivity contribution is -0.138. The van der Waals surface area contributed by atoms with Crippen LogP contribution in [0.5, 0.6) is 0 Å². The first kappa shape index (κ1) is 25.9. The third-order valence-electron chi connectivity index (χ3n) is 4.80. The average Bonchev–Trinajstić information content (AvgIpc) is 2.77. The largest absolute Gasteiger partial charge is 0.432 e. The maximum Gasteiger partial charge on any atom is 0.432 e. The number of allylic oxidation sites excluding steroid dienone is 1. The van der Waals surface area contributed by atoms with Crippen LogP contribution in [0.4, 0.5) is 45.2 Å². The molecule has 0 heterocycles. The van der Waals surface area contributed by atoms with Crippen molar-refractivity contribution in [3.05, 3.63) is 95.6 Å².